The zero-order valence-corrected chi connectivity index (χ0v) is 13.1. The van der Waals surface area contributed by atoms with E-state index >= 15 is 0 Å². The SMILES string of the molecule is CCNC(Cc1cc(Cl)ccc1F)c1ccncc1CC. The molecule has 0 aliphatic carbocycles. The van der Waals surface area contributed by atoms with E-state index in [0.29, 0.717) is 17.0 Å². The number of halogens is 2. The highest BCUT2D eigenvalue weighted by Gasteiger charge is 2.16. The molecule has 1 heterocycles. The van der Waals surface area contributed by atoms with Crippen LogP contribution in [0.25, 0.3) is 0 Å². The topological polar surface area (TPSA) is 24.9 Å². The van der Waals surface area contributed by atoms with Crippen molar-refractivity contribution in [2.45, 2.75) is 32.7 Å². The summed E-state index contributed by atoms with van der Waals surface area (Å²) < 4.78 is 14.0. The second-order valence-corrected chi connectivity index (χ2v) is 5.41. The standard InChI is InChI=1S/C17H20ClFN2/c1-3-12-11-20-8-7-15(12)17(21-4-2)10-13-9-14(18)5-6-16(13)19/h5-9,11,17,21H,3-4,10H2,1-2H3. The first-order chi connectivity index (χ1) is 10.2. The molecule has 1 aromatic heterocycles. The lowest BCUT2D eigenvalue weighted by Gasteiger charge is -2.21. The van der Waals surface area contributed by atoms with E-state index in [9.17, 15) is 4.39 Å². The molecule has 4 heteroatoms. The molecule has 1 atom stereocenters. The van der Waals surface area contributed by atoms with Crippen LogP contribution in [0.1, 0.15) is 36.6 Å². The average molecular weight is 307 g/mol. The molecule has 0 aliphatic rings. The van der Waals surface area contributed by atoms with Gasteiger partial charge in [0.1, 0.15) is 5.82 Å². The third-order valence-electron chi connectivity index (χ3n) is 3.58. The first-order valence-electron chi connectivity index (χ1n) is 7.25. The van der Waals surface area contributed by atoms with Crippen LogP contribution in [0.2, 0.25) is 5.02 Å². The van der Waals surface area contributed by atoms with E-state index in [4.69, 9.17) is 11.6 Å². The van der Waals surface area contributed by atoms with Crippen molar-refractivity contribution < 1.29 is 4.39 Å². The monoisotopic (exact) mass is 306 g/mol. The van der Waals surface area contributed by atoms with Gasteiger partial charge in [-0.05, 0) is 60.3 Å². The van der Waals surface area contributed by atoms with Crippen LogP contribution in [0.5, 0.6) is 0 Å². The van der Waals surface area contributed by atoms with Crippen LogP contribution in [0.3, 0.4) is 0 Å². The van der Waals surface area contributed by atoms with Gasteiger partial charge in [0, 0.05) is 23.5 Å². The van der Waals surface area contributed by atoms with Gasteiger partial charge in [-0.15, -0.1) is 0 Å². The largest absolute Gasteiger partial charge is 0.310 e. The number of likely N-dealkylation sites (N-methyl/N-ethyl adjacent to an activating group) is 1. The molecule has 0 bridgehead atoms. The summed E-state index contributed by atoms with van der Waals surface area (Å²) >= 11 is 5.98. The van der Waals surface area contributed by atoms with Crippen LogP contribution in [-0.4, -0.2) is 11.5 Å². The van der Waals surface area contributed by atoms with Crippen LogP contribution in [0.4, 0.5) is 4.39 Å². The minimum atomic E-state index is -0.214. The first kappa shape index (κ1) is 15.9. The van der Waals surface area contributed by atoms with Crippen LogP contribution < -0.4 is 5.32 Å². The van der Waals surface area contributed by atoms with Gasteiger partial charge in [-0.25, -0.2) is 4.39 Å². The van der Waals surface area contributed by atoms with Gasteiger partial charge in [0.2, 0.25) is 0 Å². The lowest BCUT2D eigenvalue weighted by Crippen LogP contribution is -2.24. The maximum Gasteiger partial charge on any atom is 0.126 e. The number of benzene rings is 1. The van der Waals surface area contributed by atoms with Crippen LogP contribution in [-0.2, 0) is 12.8 Å². The molecule has 0 radical (unpaired) electrons. The molecule has 1 N–H and O–H groups in total. The van der Waals surface area contributed by atoms with Crippen LogP contribution in [0.15, 0.2) is 36.7 Å². The number of aryl methyl sites for hydroxylation is 1. The molecule has 1 unspecified atom stereocenters. The molecule has 0 saturated carbocycles. The fraction of sp³-hybridized carbons (Fsp3) is 0.353. The fourth-order valence-electron chi connectivity index (χ4n) is 2.53. The molecule has 0 amide bonds. The Morgan fingerprint density at radius 2 is 2.05 bits per heavy atom. The summed E-state index contributed by atoms with van der Waals surface area (Å²) in [5.41, 5.74) is 2.99. The first-order valence-corrected chi connectivity index (χ1v) is 7.63. The van der Waals surface area contributed by atoms with Crippen molar-refractivity contribution in [3.63, 3.8) is 0 Å². The van der Waals surface area contributed by atoms with Crippen LogP contribution >= 0.6 is 11.6 Å². The summed E-state index contributed by atoms with van der Waals surface area (Å²) in [5.74, 6) is -0.214. The molecule has 112 valence electrons. The van der Waals surface area contributed by atoms with Crippen molar-refractivity contribution >= 4 is 11.6 Å². The normalized spacial score (nSPS) is 12.4. The highest BCUT2D eigenvalue weighted by molar-refractivity contribution is 6.30. The van der Waals surface area contributed by atoms with Gasteiger partial charge in [0.25, 0.3) is 0 Å². The summed E-state index contributed by atoms with van der Waals surface area (Å²) in [6.07, 6.45) is 5.14. The smallest absolute Gasteiger partial charge is 0.126 e. The lowest BCUT2D eigenvalue weighted by molar-refractivity contribution is 0.524. The molecule has 0 aliphatic heterocycles. The van der Waals surface area contributed by atoms with Crippen molar-refractivity contribution in [1.29, 1.82) is 0 Å². The Morgan fingerprint density at radius 3 is 2.76 bits per heavy atom. The van der Waals surface area contributed by atoms with Crippen molar-refractivity contribution in [2.24, 2.45) is 0 Å². The molecule has 0 fully saturated rings. The Labute approximate surface area is 130 Å². The Bertz CT molecular complexity index is 601. The van der Waals surface area contributed by atoms with Gasteiger partial charge in [0.05, 0.1) is 0 Å². The highest BCUT2D eigenvalue weighted by Crippen LogP contribution is 2.25. The van der Waals surface area contributed by atoms with E-state index in [1.807, 2.05) is 19.2 Å². The average Bonchev–Trinajstić information content (AvgIpc) is 2.50. The van der Waals surface area contributed by atoms with Gasteiger partial charge < -0.3 is 5.32 Å². The number of hydrogen-bond acceptors (Lipinski definition) is 2. The van der Waals surface area contributed by atoms with E-state index < -0.39 is 0 Å². The molecular formula is C17H20ClFN2. The van der Waals surface area contributed by atoms with E-state index in [1.54, 1.807) is 18.3 Å². The molecule has 0 saturated heterocycles. The lowest BCUT2D eigenvalue weighted by atomic mass is 9.95. The predicted molar refractivity (Wildman–Crippen MR) is 85.1 cm³/mol. The maximum absolute atomic E-state index is 14.0. The highest BCUT2D eigenvalue weighted by atomic mass is 35.5. The van der Waals surface area contributed by atoms with E-state index in [-0.39, 0.29) is 11.9 Å². The minimum absolute atomic E-state index is 0.0564. The van der Waals surface area contributed by atoms with E-state index in [2.05, 4.69) is 17.2 Å². The van der Waals surface area contributed by atoms with Crippen molar-refractivity contribution in [3.05, 3.63) is 64.2 Å². The molecule has 2 aromatic rings. The summed E-state index contributed by atoms with van der Waals surface area (Å²) in [6, 6.07) is 6.77. The molecule has 1 aromatic carbocycles. The second kappa shape index (κ2) is 7.53. The summed E-state index contributed by atoms with van der Waals surface area (Å²) in [5, 5.41) is 3.99. The maximum atomic E-state index is 14.0. The molecule has 21 heavy (non-hydrogen) atoms. The fourth-order valence-corrected chi connectivity index (χ4v) is 2.73. The van der Waals surface area contributed by atoms with Gasteiger partial charge in [-0.2, -0.15) is 0 Å². The van der Waals surface area contributed by atoms with Crippen molar-refractivity contribution in [3.8, 4) is 0 Å². The van der Waals surface area contributed by atoms with E-state index in [1.165, 1.54) is 17.2 Å². The third kappa shape index (κ3) is 4.02. The van der Waals surface area contributed by atoms with Gasteiger partial charge in [-0.3, -0.25) is 4.98 Å². The van der Waals surface area contributed by atoms with Crippen LogP contribution in [0, 0.1) is 5.82 Å². The predicted octanol–water partition coefficient (Wildman–Crippen LogP) is 4.33. The van der Waals surface area contributed by atoms with Gasteiger partial charge in [-0.1, -0.05) is 25.4 Å². The molecule has 2 nitrogen and oxygen atoms in total. The zero-order valence-electron chi connectivity index (χ0n) is 12.4. The number of aromatic nitrogens is 1. The number of nitrogens with zero attached hydrogens (tertiary/aromatic N) is 1. The zero-order chi connectivity index (χ0) is 15.2. The van der Waals surface area contributed by atoms with Crippen molar-refractivity contribution in [1.82, 2.24) is 10.3 Å². The number of rotatable bonds is 6. The van der Waals surface area contributed by atoms with Gasteiger partial charge in [0.15, 0.2) is 0 Å². The summed E-state index contributed by atoms with van der Waals surface area (Å²) in [6.45, 7) is 4.97. The Morgan fingerprint density at radius 1 is 1.24 bits per heavy atom. The number of hydrogen-bond donors (Lipinski definition) is 1. The molecule has 0 spiro atoms. The number of pyridine rings is 1. The summed E-state index contributed by atoms with van der Waals surface area (Å²) in [4.78, 5) is 4.17. The molecular weight excluding hydrogens is 287 g/mol. The van der Waals surface area contributed by atoms with Crippen molar-refractivity contribution in [2.75, 3.05) is 6.54 Å². The second-order valence-electron chi connectivity index (χ2n) is 4.98. The number of nitrogens with one attached hydrogen (secondary N) is 1. The quantitative estimate of drug-likeness (QED) is 0.859. The minimum Gasteiger partial charge on any atom is -0.310 e. The van der Waals surface area contributed by atoms with Gasteiger partial charge >= 0.3 is 0 Å². The Kier molecular flexibility index (Phi) is 5.71. The Hall–Kier alpha value is -1.45. The van der Waals surface area contributed by atoms with E-state index in [0.717, 1.165) is 13.0 Å². The third-order valence-corrected chi connectivity index (χ3v) is 3.82. The summed E-state index contributed by atoms with van der Waals surface area (Å²) in [7, 11) is 0. The molecule has 2 rings (SSSR count). The Balaban J connectivity index is 2.33.